The average Bonchev–Trinajstić information content (AvgIpc) is 3.24. The van der Waals surface area contributed by atoms with Gasteiger partial charge < -0.3 is 4.90 Å². The van der Waals surface area contributed by atoms with Crippen LogP contribution >= 0.6 is 15.9 Å². The van der Waals surface area contributed by atoms with Crippen LogP contribution in [0.1, 0.15) is 11.6 Å². The van der Waals surface area contributed by atoms with E-state index in [4.69, 9.17) is 0 Å². The van der Waals surface area contributed by atoms with Crippen LogP contribution in [0.15, 0.2) is 34.8 Å². The van der Waals surface area contributed by atoms with E-state index in [0.29, 0.717) is 6.54 Å². The standard InChI is InChI=1S/C14H8BrF4N/c15-9-10(16)12(18)14(13(19)11(9)17)20-6-8(20)7-4-2-1-3-5-7/h1-5,8H,6H2/t8-,20?/m1/s1. The Balaban J connectivity index is 2.02. The van der Waals surface area contributed by atoms with Gasteiger partial charge in [-0.05, 0) is 21.5 Å². The molecule has 0 unspecified atom stereocenters. The molecule has 104 valence electrons. The highest BCUT2D eigenvalue weighted by Crippen LogP contribution is 2.44. The van der Waals surface area contributed by atoms with Gasteiger partial charge in [-0.1, -0.05) is 30.3 Å². The van der Waals surface area contributed by atoms with Gasteiger partial charge in [-0.25, -0.2) is 17.6 Å². The summed E-state index contributed by atoms with van der Waals surface area (Å²) in [5.41, 5.74) is 0.187. The molecule has 2 aromatic carbocycles. The average molecular weight is 346 g/mol. The first-order valence-corrected chi connectivity index (χ1v) is 6.64. The molecule has 2 aromatic rings. The van der Waals surface area contributed by atoms with Crippen LogP contribution in [0.3, 0.4) is 0 Å². The summed E-state index contributed by atoms with van der Waals surface area (Å²) in [6, 6.07) is 8.73. The van der Waals surface area contributed by atoms with Gasteiger partial charge >= 0.3 is 0 Å². The number of anilines is 1. The monoisotopic (exact) mass is 345 g/mol. The maximum atomic E-state index is 13.8. The minimum absolute atomic E-state index is 0.264. The van der Waals surface area contributed by atoms with Gasteiger partial charge in [-0.15, -0.1) is 0 Å². The molecule has 6 heteroatoms. The summed E-state index contributed by atoms with van der Waals surface area (Å²) in [6.45, 7) is 0.318. The molecule has 0 aromatic heterocycles. The number of hydrogen-bond donors (Lipinski definition) is 0. The topological polar surface area (TPSA) is 3.01 Å². The highest BCUT2D eigenvalue weighted by molar-refractivity contribution is 9.10. The van der Waals surface area contributed by atoms with E-state index in [1.807, 2.05) is 6.07 Å². The van der Waals surface area contributed by atoms with E-state index in [1.165, 1.54) is 4.90 Å². The maximum Gasteiger partial charge on any atom is 0.186 e. The predicted octanol–water partition coefficient (Wildman–Crippen LogP) is 4.57. The van der Waals surface area contributed by atoms with Crippen LogP contribution in [0.5, 0.6) is 0 Å². The number of nitrogens with zero attached hydrogens (tertiary/aromatic N) is 1. The first-order valence-electron chi connectivity index (χ1n) is 5.85. The Hall–Kier alpha value is -1.56. The molecule has 0 bridgehead atoms. The largest absolute Gasteiger partial charge is 0.355 e. The van der Waals surface area contributed by atoms with Crippen molar-refractivity contribution in [1.29, 1.82) is 0 Å². The molecule has 1 fully saturated rings. The smallest absolute Gasteiger partial charge is 0.186 e. The van der Waals surface area contributed by atoms with E-state index >= 15 is 0 Å². The lowest BCUT2D eigenvalue weighted by molar-refractivity contribution is 0.449. The highest BCUT2D eigenvalue weighted by Gasteiger charge is 2.41. The zero-order chi connectivity index (χ0) is 14.4. The van der Waals surface area contributed by atoms with Crippen LogP contribution in [0.4, 0.5) is 23.2 Å². The first-order chi connectivity index (χ1) is 9.52. The molecule has 3 rings (SSSR count). The summed E-state index contributed by atoms with van der Waals surface area (Å²) in [4.78, 5) is 1.29. The molecule has 1 aliphatic rings. The molecule has 20 heavy (non-hydrogen) atoms. The second kappa shape index (κ2) is 4.77. The van der Waals surface area contributed by atoms with Crippen LogP contribution in [-0.2, 0) is 0 Å². The van der Waals surface area contributed by atoms with Crippen LogP contribution in [0.2, 0.25) is 0 Å². The van der Waals surface area contributed by atoms with Crippen molar-refractivity contribution in [2.45, 2.75) is 6.04 Å². The summed E-state index contributed by atoms with van der Waals surface area (Å²) in [5.74, 6) is -5.60. The number of rotatable bonds is 2. The van der Waals surface area contributed by atoms with Crippen LogP contribution in [0.25, 0.3) is 0 Å². The third-order valence-corrected chi connectivity index (χ3v) is 3.97. The summed E-state index contributed by atoms with van der Waals surface area (Å²) in [6.07, 6.45) is 0. The third kappa shape index (κ3) is 1.98. The van der Waals surface area contributed by atoms with Gasteiger partial charge in [0.1, 0.15) is 5.69 Å². The fourth-order valence-electron chi connectivity index (χ4n) is 2.19. The molecule has 0 N–H and O–H groups in total. The summed E-state index contributed by atoms with van der Waals surface area (Å²) >= 11 is 2.50. The minimum Gasteiger partial charge on any atom is -0.355 e. The lowest BCUT2D eigenvalue weighted by atomic mass is 10.1. The molecular formula is C14H8BrF4N. The summed E-state index contributed by atoms with van der Waals surface area (Å²) in [5, 5.41) is 0. The van der Waals surface area contributed by atoms with Gasteiger partial charge in [-0.3, -0.25) is 0 Å². The van der Waals surface area contributed by atoms with Crippen molar-refractivity contribution in [3.8, 4) is 0 Å². The Labute approximate surface area is 121 Å². The summed E-state index contributed by atoms with van der Waals surface area (Å²) in [7, 11) is 0. The van der Waals surface area contributed by atoms with E-state index in [2.05, 4.69) is 15.9 Å². The molecule has 1 heterocycles. The van der Waals surface area contributed by atoms with E-state index in [1.54, 1.807) is 24.3 Å². The van der Waals surface area contributed by atoms with Gasteiger partial charge in [0.2, 0.25) is 0 Å². The van der Waals surface area contributed by atoms with E-state index in [-0.39, 0.29) is 6.04 Å². The molecule has 1 nitrogen and oxygen atoms in total. The molecule has 1 saturated heterocycles. The number of hydrogen-bond acceptors (Lipinski definition) is 1. The van der Waals surface area contributed by atoms with Crippen molar-refractivity contribution in [3.05, 3.63) is 63.6 Å². The van der Waals surface area contributed by atoms with Crippen molar-refractivity contribution in [3.63, 3.8) is 0 Å². The van der Waals surface area contributed by atoms with Gasteiger partial charge in [0.25, 0.3) is 0 Å². The highest BCUT2D eigenvalue weighted by atomic mass is 79.9. The molecule has 0 spiro atoms. The normalized spacial score (nSPS) is 17.4. The van der Waals surface area contributed by atoms with Gasteiger partial charge in [-0.2, -0.15) is 0 Å². The molecule has 0 amide bonds. The quantitative estimate of drug-likeness (QED) is 0.333. The lowest BCUT2D eigenvalue weighted by Crippen LogP contribution is -2.06. The number of benzene rings is 2. The Kier molecular flexibility index (Phi) is 3.20. The zero-order valence-corrected chi connectivity index (χ0v) is 11.6. The first kappa shape index (κ1) is 13.4. The van der Waals surface area contributed by atoms with Crippen LogP contribution in [-0.4, -0.2) is 6.54 Å². The van der Waals surface area contributed by atoms with E-state index in [9.17, 15) is 17.6 Å². The van der Waals surface area contributed by atoms with Crippen molar-refractivity contribution in [1.82, 2.24) is 0 Å². The van der Waals surface area contributed by atoms with Crippen molar-refractivity contribution in [2.24, 2.45) is 0 Å². The van der Waals surface area contributed by atoms with E-state index in [0.717, 1.165) is 5.56 Å². The molecular weight excluding hydrogens is 338 g/mol. The van der Waals surface area contributed by atoms with Gasteiger partial charge in [0, 0.05) is 6.54 Å². The lowest BCUT2D eigenvalue weighted by Gasteiger charge is -2.11. The fraction of sp³-hybridized carbons (Fsp3) is 0.143. The Morgan fingerprint density at radius 2 is 1.45 bits per heavy atom. The molecule has 1 aliphatic heterocycles. The fourth-order valence-corrected chi connectivity index (χ4v) is 2.54. The second-order valence-corrected chi connectivity index (χ2v) is 5.29. The Bertz CT molecular complexity index is 646. The molecule has 0 radical (unpaired) electrons. The van der Waals surface area contributed by atoms with E-state index < -0.39 is 33.4 Å². The van der Waals surface area contributed by atoms with Crippen molar-refractivity contribution < 1.29 is 17.6 Å². The predicted molar refractivity (Wildman–Crippen MR) is 70.5 cm³/mol. The minimum atomic E-state index is -1.42. The SMILES string of the molecule is Fc1c(F)c(N2C[C@@H]2c2ccccc2)c(F)c(F)c1Br. The number of halogens is 5. The van der Waals surface area contributed by atoms with Gasteiger partial charge in [0.05, 0.1) is 10.5 Å². The second-order valence-electron chi connectivity index (χ2n) is 4.50. The summed E-state index contributed by atoms with van der Waals surface area (Å²) < 4.78 is 53.8. The molecule has 1 atom stereocenters. The maximum absolute atomic E-state index is 13.8. The molecule has 0 aliphatic carbocycles. The van der Waals surface area contributed by atoms with Crippen molar-refractivity contribution in [2.75, 3.05) is 11.4 Å². The molecule has 0 saturated carbocycles. The van der Waals surface area contributed by atoms with Crippen LogP contribution in [0, 0.1) is 23.3 Å². The Morgan fingerprint density at radius 1 is 0.900 bits per heavy atom. The third-order valence-electron chi connectivity index (χ3n) is 3.27. The van der Waals surface area contributed by atoms with Crippen LogP contribution < -0.4 is 4.90 Å². The van der Waals surface area contributed by atoms with Gasteiger partial charge in [0.15, 0.2) is 23.3 Å². The zero-order valence-electron chi connectivity index (χ0n) is 10.0. The Morgan fingerprint density at radius 3 is 2.00 bits per heavy atom. The van der Waals surface area contributed by atoms with Crippen molar-refractivity contribution >= 4 is 21.6 Å².